The van der Waals surface area contributed by atoms with Gasteiger partial charge in [-0.05, 0) is 19.1 Å². The second kappa shape index (κ2) is 8.66. The summed E-state index contributed by atoms with van der Waals surface area (Å²) in [5.41, 5.74) is 0. The summed E-state index contributed by atoms with van der Waals surface area (Å²) in [6.45, 7) is 3.48. The summed E-state index contributed by atoms with van der Waals surface area (Å²) in [4.78, 5) is 24.3. The Balaban J connectivity index is 2.23. The molecule has 0 aromatic carbocycles. The molecule has 6 heteroatoms. The lowest BCUT2D eigenvalue weighted by molar-refractivity contribution is -0.143. The van der Waals surface area contributed by atoms with Gasteiger partial charge in [0.1, 0.15) is 0 Å². The molecule has 19 heavy (non-hydrogen) atoms. The van der Waals surface area contributed by atoms with Gasteiger partial charge < -0.3 is 14.8 Å². The standard InChI is InChI=1S/C13H19NO4S/c1-3-18-12(15)6-7-14-9-11-5-4-10(19-11)8-13(16)17-2/h4-5,14H,3,6-9H2,1-2H3. The van der Waals surface area contributed by atoms with Crippen LogP contribution in [0.4, 0.5) is 0 Å². The summed E-state index contributed by atoms with van der Waals surface area (Å²) in [5, 5.41) is 3.17. The Bertz CT molecular complexity index is 417. The number of carbonyl (C=O) groups is 2. The molecule has 0 aliphatic heterocycles. The molecule has 1 aromatic rings. The molecule has 1 rings (SSSR count). The Morgan fingerprint density at radius 1 is 1.26 bits per heavy atom. The third kappa shape index (κ3) is 6.35. The van der Waals surface area contributed by atoms with Crippen LogP contribution in [-0.2, 0) is 32.0 Å². The molecule has 106 valence electrons. The molecule has 0 radical (unpaired) electrons. The Morgan fingerprint density at radius 3 is 2.68 bits per heavy atom. The normalized spacial score (nSPS) is 10.2. The lowest BCUT2D eigenvalue weighted by Gasteiger charge is -2.03. The van der Waals surface area contributed by atoms with Crippen LogP contribution < -0.4 is 5.32 Å². The molecule has 0 saturated heterocycles. The first-order valence-electron chi connectivity index (χ1n) is 6.16. The van der Waals surface area contributed by atoms with Crippen molar-refractivity contribution in [2.45, 2.75) is 26.3 Å². The van der Waals surface area contributed by atoms with Crippen LogP contribution in [0.3, 0.4) is 0 Å². The first-order valence-corrected chi connectivity index (χ1v) is 6.98. The molecule has 0 spiro atoms. The fourth-order valence-electron chi connectivity index (χ4n) is 1.46. The van der Waals surface area contributed by atoms with Crippen molar-refractivity contribution >= 4 is 23.3 Å². The van der Waals surface area contributed by atoms with E-state index in [0.717, 1.165) is 9.75 Å². The Kier molecular flexibility index (Phi) is 7.14. The maximum atomic E-state index is 11.1. The smallest absolute Gasteiger partial charge is 0.310 e. The van der Waals surface area contributed by atoms with E-state index in [1.165, 1.54) is 7.11 Å². The van der Waals surface area contributed by atoms with Crippen molar-refractivity contribution in [1.29, 1.82) is 0 Å². The molecule has 0 aliphatic rings. The van der Waals surface area contributed by atoms with E-state index in [1.807, 2.05) is 12.1 Å². The summed E-state index contributed by atoms with van der Waals surface area (Å²) in [7, 11) is 1.38. The van der Waals surface area contributed by atoms with Crippen LogP contribution >= 0.6 is 11.3 Å². The summed E-state index contributed by atoms with van der Waals surface area (Å²) in [6, 6.07) is 3.89. The molecule has 0 amide bonds. The van der Waals surface area contributed by atoms with Crippen molar-refractivity contribution in [3.05, 3.63) is 21.9 Å². The van der Waals surface area contributed by atoms with E-state index < -0.39 is 0 Å². The highest BCUT2D eigenvalue weighted by molar-refractivity contribution is 7.12. The summed E-state index contributed by atoms with van der Waals surface area (Å²) in [5.74, 6) is -0.420. The largest absolute Gasteiger partial charge is 0.469 e. The van der Waals surface area contributed by atoms with E-state index in [0.29, 0.717) is 32.5 Å². The van der Waals surface area contributed by atoms with Gasteiger partial charge in [-0.15, -0.1) is 11.3 Å². The van der Waals surface area contributed by atoms with Gasteiger partial charge in [0.05, 0.1) is 26.6 Å². The minimum Gasteiger partial charge on any atom is -0.469 e. The third-order valence-electron chi connectivity index (χ3n) is 2.37. The molecule has 0 bridgehead atoms. The number of hydrogen-bond donors (Lipinski definition) is 1. The highest BCUT2D eigenvalue weighted by atomic mass is 32.1. The van der Waals surface area contributed by atoms with Crippen molar-refractivity contribution in [3.63, 3.8) is 0 Å². The zero-order valence-electron chi connectivity index (χ0n) is 11.2. The zero-order valence-corrected chi connectivity index (χ0v) is 12.0. The Morgan fingerprint density at radius 2 is 2.00 bits per heavy atom. The molecule has 1 N–H and O–H groups in total. The maximum Gasteiger partial charge on any atom is 0.310 e. The van der Waals surface area contributed by atoms with E-state index in [2.05, 4.69) is 10.1 Å². The van der Waals surface area contributed by atoms with Crippen molar-refractivity contribution in [3.8, 4) is 0 Å². The zero-order chi connectivity index (χ0) is 14.1. The van der Waals surface area contributed by atoms with Gasteiger partial charge in [-0.25, -0.2) is 0 Å². The monoisotopic (exact) mass is 285 g/mol. The van der Waals surface area contributed by atoms with Crippen LogP contribution in [0.5, 0.6) is 0 Å². The number of esters is 2. The van der Waals surface area contributed by atoms with Crippen molar-refractivity contribution < 1.29 is 19.1 Å². The molecule has 1 aromatic heterocycles. The fraction of sp³-hybridized carbons (Fsp3) is 0.538. The topological polar surface area (TPSA) is 64.6 Å². The van der Waals surface area contributed by atoms with Crippen LogP contribution in [0.2, 0.25) is 0 Å². The molecule has 0 unspecified atom stereocenters. The predicted octanol–water partition coefficient (Wildman–Crippen LogP) is 1.51. The molecule has 0 atom stereocenters. The fourth-order valence-corrected chi connectivity index (χ4v) is 2.44. The number of rotatable bonds is 8. The molecule has 0 aliphatic carbocycles. The molecular weight excluding hydrogens is 266 g/mol. The molecule has 1 heterocycles. The highest BCUT2D eigenvalue weighted by Crippen LogP contribution is 2.17. The van der Waals surface area contributed by atoms with Crippen LogP contribution in [0.1, 0.15) is 23.1 Å². The van der Waals surface area contributed by atoms with Crippen molar-refractivity contribution in [1.82, 2.24) is 5.32 Å². The SMILES string of the molecule is CCOC(=O)CCNCc1ccc(CC(=O)OC)s1. The van der Waals surface area contributed by atoms with E-state index in [1.54, 1.807) is 18.3 Å². The van der Waals surface area contributed by atoms with Crippen LogP contribution in [0.25, 0.3) is 0 Å². The second-order valence-electron chi connectivity index (χ2n) is 3.85. The maximum absolute atomic E-state index is 11.1. The highest BCUT2D eigenvalue weighted by Gasteiger charge is 2.06. The van der Waals surface area contributed by atoms with Crippen molar-refractivity contribution in [2.75, 3.05) is 20.3 Å². The lowest BCUT2D eigenvalue weighted by atomic mass is 10.3. The van der Waals surface area contributed by atoms with Gasteiger partial charge in [-0.3, -0.25) is 9.59 Å². The quantitative estimate of drug-likeness (QED) is 0.579. The average molecular weight is 285 g/mol. The first-order chi connectivity index (χ1) is 9.15. The van der Waals surface area contributed by atoms with E-state index in [4.69, 9.17) is 4.74 Å². The van der Waals surface area contributed by atoms with E-state index in [9.17, 15) is 9.59 Å². The van der Waals surface area contributed by atoms with Crippen LogP contribution in [0, 0.1) is 0 Å². The minimum atomic E-state index is -0.233. The van der Waals surface area contributed by atoms with Crippen LogP contribution in [0.15, 0.2) is 12.1 Å². The van der Waals surface area contributed by atoms with Crippen LogP contribution in [-0.4, -0.2) is 32.2 Å². The second-order valence-corrected chi connectivity index (χ2v) is 5.11. The summed E-state index contributed by atoms with van der Waals surface area (Å²) < 4.78 is 9.44. The molecule has 0 saturated carbocycles. The van der Waals surface area contributed by atoms with Gasteiger partial charge in [-0.1, -0.05) is 0 Å². The average Bonchev–Trinajstić information content (AvgIpc) is 2.82. The number of hydrogen-bond acceptors (Lipinski definition) is 6. The first kappa shape index (κ1) is 15.7. The van der Waals surface area contributed by atoms with Crippen molar-refractivity contribution in [2.24, 2.45) is 0 Å². The number of methoxy groups -OCH3 is 1. The Labute approximate surface area is 116 Å². The number of ether oxygens (including phenoxy) is 2. The van der Waals surface area contributed by atoms with E-state index in [-0.39, 0.29) is 11.9 Å². The number of carbonyl (C=O) groups excluding carboxylic acids is 2. The van der Waals surface area contributed by atoms with Gasteiger partial charge in [0.25, 0.3) is 0 Å². The van der Waals surface area contributed by atoms with Gasteiger partial charge in [0.2, 0.25) is 0 Å². The number of nitrogens with one attached hydrogen (secondary N) is 1. The molecular formula is C13H19NO4S. The van der Waals surface area contributed by atoms with Gasteiger partial charge in [-0.2, -0.15) is 0 Å². The summed E-state index contributed by atoms with van der Waals surface area (Å²) in [6.07, 6.45) is 0.679. The van der Waals surface area contributed by atoms with Gasteiger partial charge in [0, 0.05) is 22.8 Å². The van der Waals surface area contributed by atoms with E-state index >= 15 is 0 Å². The third-order valence-corrected chi connectivity index (χ3v) is 3.46. The lowest BCUT2D eigenvalue weighted by Crippen LogP contribution is -2.18. The predicted molar refractivity (Wildman–Crippen MR) is 73.0 cm³/mol. The number of thiophene rings is 1. The Hall–Kier alpha value is -1.40. The molecule has 5 nitrogen and oxygen atoms in total. The van der Waals surface area contributed by atoms with Gasteiger partial charge in [0.15, 0.2) is 0 Å². The summed E-state index contributed by atoms with van der Waals surface area (Å²) >= 11 is 1.57. The molecule has 0 fully saturated rings. The minimum absolute atomic E-state index is 0.187. The van der Waals surface area contributed by atoms with Gasteiger partial charge >= 0.3 is 11.9 Å².